The monoisotopic (exact) mass is 351 g/mol. The maximum absolute atomic E-state index is 15.3. The Morgan fingerprint density at radius 1 is 1.28 bits per heavy atom. The van der Waals surface area contributed by atoms with Gasteiger partial charge in [-0.15, -0.1) is 0 Å². The summed E-state index contributed by atoms with van der Waals surface area (Å²) in [7, 11) is 1.54. The van der Waals surface area contributed by atoms with Crippen molar-refractivity contribution in [2.45, 2.75) is 43.6 Å². The molecule has 1 aromatic rings. The fourth-order valence-electron chi connectivity index (χ4n) is 3.48. The van der Waals surface area contributed by atoms with Gasteiger partial charge in [-0.1, -0.05) is 12.1 Å². The van der Waals surface area contributed by atoms with Crippen molar-refractivity contribution in [2.24, 2.45) is 0 Å². The Bertz CT molecular complexity index is 657. The molecule has 0 unspecified atom stereocenters. The molecular weight excluding hydrogens is 329 g/mol. The molecule has 1 amide bonds. The average Bonchev–Trinajstić information content (AvgIpc) is 3.12. The van der Waals surface area contributed by atoms with Crippen molar-refractivity contribution in [3.63, 3.8) is 0 Å². The number of carbonyl (C=O) groups excluding carboxylic acids is 1. The number of aliphatic carboxylic acids is 1. The summed E-state index contributed by atoms with van der Waals surface area (Å²) in [5, 5.41) is 8.95. The standard InChI is InChI=1S/C18H22FNO5/c1-24-13-4-2-3-12(11-13)18(19)7-9-20(10-8-18)16(21)14-5-6-15(25-14)17(22)23/h2-4,11,14-15H,5-10H2,1H3,(H,22,23)/t14-,15+/m0/s1. The first-order valence-corrected chi connectivity index (χ1v) is 8.43. The molecule has 0 bridgehead atoms. The third kappa shape index (κ3) is 3.61. The second-order valence-corrected chi connectivity index (χ2v) is 6.55. The molecule has 0 saturated carbocycles. The molecule has 2 aliphatic rings. The van der Waals surface area contributed by atoms with Crippen LogP contribution in [0, 0.1) is 0 Å². The van der Waals surface area contributed by atoms with Gasteiger partial charge in [0, 0.05) is 25.9 Å². The van der Waals surface area contributed by atoms with Crippen molar-refractivity contribution >= 4 is 11.9 Å². The van der Waals surface area contributed by atoms with Gasteiger partial charge in [-0.25, -0.2) is 9.18 Å². The maximum Gasteiger partial charge on any atom is 0.332 e. The molecule has 0 spiro atoms. The topological polar surface area (TPSA) is 76.1 Å². The van der Waals surface area contributed by atoms with Gasteiger partial charge in [0.05, 0.1) is 7.11 Å². The number of carboxylic acids is 1. The van der Waals surface area contributed by atoms with Crippen LogP contribution in [0.15, 0.2) is 24.3 Å². The number of alkyl halides is 1. The molecule has 1 aromatic carbocycles. The fraction of sp³-hybridized carbons (Fsp3) is 0.556. The molecule has 2 atom stereocenters. The van der Waals surface area contributed by atoms with E-state index < -0.39 is 23.8 Å². The highest BCUT2D eigenvalue weighted by atomic mass is 19.1. The van der Waals surface area contributed by atoms with E-state index in [0.717, 1.165) is 0 Å². The molecule has 2 fully saturated rings. The lowest BCUT2D eigenvalue weighted by Gasteiger charge is -2.37. The number of methoxy groups -OCH3 is 1. The smallest absolute Gasteiger partial charge is 0.332 e. The van der Waals surface area contributed by atoms with E-state index >= 15 is 4.39 Å². The van der Waals surface area contributed by atoms with Crippen LogP contribution < -0.4 is 4.74 Å². The van der Waals surface area contributed by atoms with Gasteiger partial charge in [0.15, 0.2) is 6.10 Å². The molecule has 25 heavy (non-hydrogen) atoms. The van der Waals surface area contributed by atoms with E-state index in [1.165, 1.54) is 7.11 Å². The number of hydrogen-bond acceptors (Lipinski definition) is 4. The molecule has 6 nitrogen and oxygen atoms in total. The number of carboxylic acid groups (broad SMARTS) is 1. The lowest BCUT2D eigenvalue weighted by molar-refractivity contribution is -0.155. The van der Waals surface area contributed by atoms with Gasteiger partial charge in [0.1, 0.15) is 17.5 Å². The molecule has 0 radical (unpaired) electrons. The normalized spacial score (nSPS) is 25.6. The molecule has 136 valence electrons. The Kier molecular flexibility index (Phi) is 4.94. The van der Waals surface area contributed by atoms with Crippen LogP contribution in [0.5, 0.6) is 5.75 Å². The Labute approximate surface area is 145 Å². The molecule has 3 rings (SSSR count). The zero-order valence-corrected chi connectivity index (χ0v) is 14.1. The lowest BCUT2D eigenvalue weighted by Crippen LogP contribution is -2.47. The molecule has 7 heteroatoms. The predicted molar refractivity (Wildman–Crippen MR) is 87.1 cm³/mol. The van der Waals surface area contributed by atoms with Crippen LogP contribution in [0.2, 0.25) is 0 Å². The third-order valence-corrected chi connectivity index (χ3v) is 5.03. The number of amides is 1. The number of likely N-dealkylation sites (tertiary alicyclic amines) is 1. The minimum absolute atomic E-state index is 0.195. The van der Waals surface area contributed by atoms with Gasteiger partial charge >= 0.3 is 5.97 Å². The summed E-state index contributed by atoms with van der Waals surface area (Å²) in [6.07, 6.45) is -0.540. The fourth-order valence-corrected chi connectivity index (χ4v) is 3.48. The van der Waals surface area contributed by atoms with Crippen LogP contribution in [-0.2, 0) is 20.0 Å². The summed E-state index contributed by atoms with van der Waals surface area (Å²) >= 11 is 0. The van der Waals surface area contributed by atoms with Gasteiger partial charge in [-0.2, -0.15) is 0 Å². The number of carbonyl (C=O) groups is 2. The predicted octanol–water partition coefficient (Wildman–Crippen LogP) is 2.11. The summed E-state index contributed by atoms with van der Waals surface area (Å²) in [5.74, 6) is -0.682. The Morgan fingerprint density at radius 3 is 2.56 bits per heavy atom. The Hall–Kier alpha value is -2.15. The quantitative estimate of drug-likeness (QED) is 0.899. The lowest BCUT2D eigenvalue weighted by atomic mass is 9.86. The van der Waals surface area contributed by atoms with Crippen LogP contribution in [0.4, 0.5) is 4.39 Å². The molecular formula is C18H22FNO5. The summed E-state index contributed by atoms with van der Waals surface area (Å²) < 4.78 is 25.8. The number of rotatable bonds is 4. The van der Waals surface area contributed by atoms with Crippen LogP contribution in [0.1, 0.15) is 31.2 Å². The first kappa shape index (κ1) is 17.7. The minimum atomic E-state index is -1.49. The highest BCUT2D eigenvalue weighted by Gasteiger charge is 2.41. The van der Waals surface area contributed by atoms with Crippen molar-refractivity contribution < 1.29 is 28.6 Å². The van der Waals surface area contributed by atoms with Gasteiger partial charge in [-0.05, 0) is 30.5 Å². The van der Waals surface area contributed by atoms with Crippen molar-refractivity contribution in [1.82, 2.24) is 4.90 Å². The van der Waals surface area contributed by atoms with Gasteiger partial charge in [-0.3, -0.25) is 4.79 Å². The van der Waals surface area contributed by atoms with E-state index in [0.29, 0.717) is 24.2 Å². The zero-order chi connectivity index (χ0) is 18.0. The third-order valence-electron chi connectivity index (χ3n) is 5.03. The number of ether oxygens (including phenoxy) is 2. The molecule has 2 aliphatic heterocycles. The van der Waals surface area contributed by atoms with Gasteiger partial charge in [0.2, 0.25) is 0 Å². The molecule has 1 N–H and O–H groups in total. The second kappa shape index (κ2) is 7.00. The zero-order valence-electron chi connectivity index (χ0n) is 14.1. The van der Waals surface area contributed by atoms with Crippen molar-refractivity contribution in [2.75, 3.05) is 20.2 Å². The molecule has 2 saturated heterocycles. The minimum Gasteiger partial charge on any atom is -0.497 e. The first-order chi connectivity index (χ1) is 11.9. The first-order valence-electron chi connectivity index (χ1n) is 8.43. The SMILES string of the molecule is COc1cccc(C2(F)CCN(C(=O)[C@@H]3CC[C@H](C(=O)O)O3)CC2)c1. The van der Waals surface area contributed by atoms with E-state index in [9.17, 15) is 9.59 Å². The summed E-state index contributed by atoms with van der Waals surface area (Å²) in [6, 6.07) is 6.94. The number of nitrogens with zero attached hydrogens (tertiary/aromatic N) is 1. The van der Waals surface area contributed by atoms with Crippen LogP contribution in [0.25, 0.3) is 0 Å². The maximum atomic E-state index is 15.3. The molecule has 2 heterocycles. The second-order valence-electron chi connectivity index (χ2n) is 6.55. The van der Waals surface area contributed by atoms with Crippen LogP contribution in [0.3, 0.4) is 0 Å². The highest BCUT2D eigenvalue weighted by Crippen LogP contribution is 2.38. The van der Waals surface area contributed by atoms with E-state index in [1.807, 2.05) is 0 Å². The van der Waals surface area contributed by atoms with Crippen LogP contribution in [-0.4, -0.2) is 54.3 Å². The average molecular weight is 351 g/mol. The van der Waals surface area contributed by atoms with E-state index in [-0.39, 0.29) is 31.8 Å². The molecule has 0 aliphatic carbocycles. The Balaban J connectivity index is 1.61. The number of piperidine rings is 1. The van der Waals surface area contributed by atoms with Gasteiger partial charge < -0.3 is 19.5 Å². The van der Waals surface area contributed by atoms with Crippen molar-refractivity contribution in [1.29, 1.82) is 0 Å². The number of hydrogen-bond donors (Lipinski definition) is 1. The number of halogens is 1. The van der Waals surface area contributed by atoms with E-state index in [2.05, 4.69) is 0 Å². The van der Waals surface area contributed by atoms with Crippen molar-refractivity contribution in [3.05, 3.63) is 29.8 Å². The van der Waals surface area contributed by atoms with E-state index in [4.69, 9.17) is 14.6 Å². The Morgan fingerprint density at radius 2 is 1.96 bits per heavy atom. The van der Waals surface area contributed by atoms with E-state index in [1.54, 1.807) is 29.2 Å². The number of benzene rings is 1. The summed E-state index contributed by atoms with van der Waals surface area (Å²) in [6.45, 7) is 0.564. The van der Waals surface area contributed by atoms with Crippen LogP contribution >= 0.6 is 0 Å². The highest BCUT2D eigenvalue weighted by molar-refractivity contribution is 5.82. The summed E-state index contributed by atoms with van der Waals surface area (Å²) in [5.41, 5.74) is -0.937. The summed E-state index contributed by atoms with van der Waals surface area (Å²) in [4.78, 5) is 25.0. The molecule has 0 aromatic heterocycles. The van der Waals surface area contributed by atoms with Gasteiger partial charge in [0.25, 0.3) is 5.91 Å². The van der Waals surface area contributed by atoms with Crippen molar-refractivity contribution in [3.8, 4) is 5.75 Å². The largest absolute Gasteiger partial charge is 0.497 e.